The number of methoxy groups -OCH3 is 2. The second-order valence-corrected chi connectivity index (χ2v) is 8.78. The maximum atomic E-state index is 13.1. The van der Waals surface area contributed by atoms with Crippen LogP contribution in [0.4, 0.5) is 10.8 Å². The van der Waals surface area contributed by atoms with Crippen LogP contribution in [-0.4, -0.2) is 53.5 Å². The average Bonchev–Trinajstić information content (AvgIpc) is 3.24. The van der Waals surface area contributed by atoms with E-state index in [0.29, 0.717) is 32.7 Å². The number of hydrogen-bond acceptors (Lipinski definition) is 9. The molecule has 1 aromatic carbocycles. The molecule has 0 bridgehead atoms. The molecule has 0 saturated carbocycles. The normalized spacial score (nSPS) is 10.8. The largest absolute Gasteiger partial charge is 0.497 e. The Morgan fingerprint density at radius 3 is 2.45 bits per heavy atom. The van der Waals surface area contributed by atoms with Crippen LogP contribution in [0.1, 0.15) is 13.8 Å². The summed E-state index contributed by atoms with van der Waals surface area (Å²) >= 11 is 2.51. The lowest BCUT2D eigenvalue weighted by atomic mass is 10.2. The first kappa shape index (κ1) is 24.6. The first-order chi connectivity index (χ1) is 15.9. The van der Waals surface area contributed by atoms with Gasteiger partial charge in [0.25, 0.3) is 5.56 Å². The Morgan fingerprint density at radius 1 is 1.21 bits per heavy atom. The molecule has 0 saturated heterocycles. The van der Waals surface area contributed by atoms with E-state index in [4.69, 9.17) is 9.47 Å². The van der Waals surface area contributed by atoms with Gasteiger partial charge in [0.1, 0.15) is 16.2 Å². The van der Waals surface area contributed by atoms with E-state index >= 15 is 0 Å². The smallest absolute Gasteiger partial charge is 0.274 e. The molecule has 0 atom stereocenters. The van der Waals surface area contributed by atoms with Crippen molar-refractivity contribution in [2.45, 2.75) is 25.5 Å². The third kappa shape index (κ3) is 5.66. The van der Waals surface area contributed by atoms with Crippen LogP contribution < -0.4 is 25.2 Å². The summed E-state index contributed by atoms with van der Waals surface area (Å²) in [5, 5.41) is 4.00. The Morgan fingerprint density at radius 2 is 1.88 bits per heavy atom. The van der Waals surface area contributed by atoms with Crippen LogP contribution in [0.25, 0.3) is 10.3 Å². The number of nitrogens with zero attached hydrogens (tertiary/aromatic N) is 4. The highest BCUT2D eigenvalue weighted by atomic mass is 32.2. The van der Waals surface area contributed by atoms with Gasteiger partial charge in [-0.3, -0.25) is 14.2 Å². The van der Waals surface area contributed by atoms with Crippen molar-refractivity contribution >= 4 is 50.2 Å². The number of aromatic nitrogens is 3. The lowest BCUT2D eigenvalue weighted by Crippen LogP contribution is -2.23. The number of nitrogens with one attached hydrogen (secondary N) is 1. The fourth-order valence-electron chi connectivity index (χ4n) is 3.11. The SMILES string of the molecule is C=CCn1c(SCC(=O)Nc2cc(OC)cc(OC)c2)nc2nc(N(CC)CC)sc2c1=O. The molecule has 176 valence electrons. The lowest BCUT2D eigenvalue weighted by Gasteiger charge is -2.15. The standard InChI is InChI=1S/C22H27N5O4S2/c1-6-9-27-20(29)18-19(24-21(33-18)26(7-2)8-3)25-22(27)32-13-17(28)23-14-10-15(30-4)12-16(11-14)31-5/h6,10-12H,1,7-9,13H2,2-5H3,(H,23,28). The van der Waals surface area contributed by atoms with Crippen LogP contribution in [0.5, 0.6) is 11.5 Å². The molecule has 1 N–H and O–H groups in total. The molecule has 0 aliphatic rings. The van der Waals surface area contributed by atoms with Crippen molar-refractivity contribution in [2.75, 3.05) is 43.3 Å². The van der Waals surface area contributed by atoms with Crippen molar-refractivity contribution < 1.29 is 14.3 Å². The maximum Gasteiger partial charge on any atom is 0.274 e. The molecule has 33 heavy (non-hydrogen) atoms. The van der Waals surface area contributed by atoms with E-state index in [1.165, 1.54) is 27.7 Å². The monoisotopic (exact) mass is 489 g/mol. The number of ether oxygens (including phenoxy) is 2. The van der Waals surface area contributed by atoms with Crippen molar-refractivity contribution in [3.8, 4) is 11.5 Å². The molecule has 1 amide bonds. The van der Waals surface area contributed by atoms with E-state index in [9.17, 15) is 9.59 Å². The van der Waals surface area contributed by atoms with Crippen LogP contribution in [0, 0.1) is 0 Å². The summed E-state index contributed by atoms with van der Waals surface area (Å²) in [6.07, 6.45) is 1.63. The molecule has 0 spiro atoms. The number of carbonyl (C=O) groups is 1. The minimum absolute atomic E-state index is 0.0572. The summed E-state index contributed by atoms with van der Waals surface area (Å²) in [6, 6.07) is 5.12. The molecule has 3 rings (SSSR count). The highest BCUT2D eigenvalue weighted by Crippen LogP contribution is 2.28. The lowest BCUT2D eigenvalue weighted by molar-refractivity contribution is -0.113. The Hall–Kier alpha value is -3.05. The second-order valence-electron chi connectivity index (χ2n) is 6.86. The zero-order chi connectivity index (χ0) is 24.0. The number of amides is 1. The van der Waals surface area contributed by atoms with Gasteiger partial charge >= 0.3 is 0 Å². The molecule has 0 unspecified atom stereocenters. The van der Waals surface area contributed by atoms with Gasteiger partial charge in [0.2, 0.25) is 5.91 Å². The summed E-state index contributed by atoms with van der Waals surface area (Å²) in [7, 11) is 3.09. The van der Waals surface area contributed by atoms with E-state index in [2.05, 4.69) is 26.8 Å². The highest BCUT2D eigenvalue weighted by Gasteiger charge is 2.18. The van der Waals surface area contributed by atoms with Crippen molar-refractivity contribution in [2.24, 2.45) is 0 Å². The zero-order valence-corrected chi connectivity index (χ0v) is 20.7. The topological polar surface area (TPSA) is 98.6 Å². The van der Waals surface area contributed by atoms with Gasteiger partial charge in [0.05, 0.1) is 20.0 Å². The molecule has 11 heteroatoms. The van der Waals surface area contributed by atoms with Crippen LogP contribution in [0.15, 0.2) is 40.8 Å². The van der Waals surface area contributed by atoms with Gasteiger partial charge in [-0.15, -0.1) is 6.58 Å². The molecule has 3 aromatic rings. The van der Waals surface area contributed by atoms with E-state index < -0.39 is 0 Å². The van der Waals surface area contributed by atoms with Gasteiger partial charge in [0.15, 0.2) is 15.9 Å². The molecule has 2 aromatic heterocycles. The number of benzene rings is 1. The van der Waals surface area contributed by atoms with Crippen LogP contribution in [0.3, 0.4) is 0 Å². The summed E-state index contributed by atoms with van der Waals surface area (Å²) in [5.74, 6) is 0.937. The Kier molecular flexibility index (Phi) is 8.34. The van der Waals surface area contributed by atoms with Gasteiger partial charge < -0.3 is 19.7 Å². The number of thioether (sulfide) groups is 1. The van der Waals surface area contributed by atoms with Crippen molar-refractivity contribution in [3.05, 3.63) is 41.2 Å². The van der Waals surface area contributed by atoms with Gasteiger partial charge in [-0.05, 0) is 13.8 Å². The number of fused-ring (bicyclic) bond motifs is 1. The number of carbonyl (C=O) groups excluding carboxylic acids is 1. The molecular weight excluding hydrogens is 462 g/mol. The van der Waals surface area contributed by atoms with Gasteiger partial charge in [-0.1, -0.05) is 29.2 Å². The van der Waals surface area contributed by atoms with Crippen molar-refractivity contribution in [1.82, 2.24) is 14.5 Å². The minimum Gasteiger partial charge on any atom is -0.497 e. The summed E-state index contributed by atoms with van der Waals surface area (Å²) in [6.45, 7) is 9.68. The molecule has 0 aliphatic carbocycles. The van der Waals surface area contributed by atoms with Crippen LogP contribution >= 0.6 is 23.1 Å². The Balaban J connectivity index is 1.84. The van der Waals surface area contributed by atoms with E-state index in [0.717, 1.165) is 18.2 Å². The van der Waals surface area contributed by atoms with Crippen LogP contribution in [0.2, 0.25) is 0 Å². The minimum atomic E-state index is -0.253. The first-order valence-electron chi connectivity index (χ1n) is 10.4. The van der Waals surface area contributed by atoms with Gasteiger partial charge in [-0.2, -0.15) is 4.98 Å². The van der Waals surface area contributed by atoms with Crippen molar-refractivity contribution in [1.29, 1.82) is 0 Å². The van der Waals surface area contributed by atoms with Gasteiger partial charge in [0, 0.05) is 43.5 Å². The third-order valence-electron chi connectivity index (χ3n) is 4.78. The van der Waals surface area contributed by atoms with E-state index in [1.807, 2.05) is 13.8 Å². The Bertz CT molecular complexity index is 1180. The summed E-state index contributed by atoms with van der Waals surface area (Å²) < 4.78 is 12.5. The first-order valence-corrected chi connectivity index (χ1v) is 12.2. The molecular formula is C22H27N5O4S2. The molecule has 2 heterocycles. The number of anilines is 2. The number of hydrogen-bond donors (Lipinski definition) is 1. The zero-order valence-electron chi connectivity index (χ0n) is 19.1. The molecule has 0 fully saturated rings. The third-order valence-corrected chi connectivity index (χ3v) is 6.85. The average molecular weight is 490 g/mol. The maximum absolute atomic E-state index is 13.1. The number of allylic oxidation sites excluding steroid dienone is 1. The summed E-state index contributed by atoms with van der Waals surface area (Å²) in [4.78, 5) is 36.9. The molecule has 0 radical (unpaired) electrons. The van der Waals surface area contributed by atoms with Gasteiger partial charge in [-0.25, -0.2) is 4.98 Å². The quantitative estimate of drug-likeness (QED) is 0.248. The van der Waals surface area contributed by atoms with E-state index in [-0.39, 0.29) is 23.8 Å². The fraction of sp³-hybridized carbons (Fsp3) is 0.364. The summed E-state index contributed by atoms with van der Waals surface area (Å²) in [5.41, 5.74) is 0.760. The molecule has 9 nitrogen and oxygen atoms in total. The second kappa shape index (κ2) is 11.2. The van der Waals surface area contributed by atoms with Crippen molar-refractivity contribution in [3.63, 3.8) is 0 Å². The highest BCUT2D eigenvalue weighted by molar-refractivity contribution is 7.99. The predicted molar refractivity (Wildman–Crippen MR) is 134 cm³/mol. The Labute approximate surface area is 200 Å². The number of thiazole rings is 1. The van der Waals surface area contributed by atoms with E-state index in [1.54, 1.807) is 38.5 Å². The number of rotatable bonds is 11. The predicted octanol–water partition coefficient (Wildman–Crippen LogP) is 3.63. The molecule has 0 aliphatic heterocycles. The van der Waals surface area contributed by atoms with Crippen LogP contribution in [-0.2, 0) is 11.3 Å². The fourth-order valence-corrected chi connectivity index (χ4v) is 4.99.